The smallest absolute Gasteiger partial charge is 0.294 e. The predicted octanol–water partition coefficient (Wildman–Crippen LogP) is 4.60. The summed E-state index contributed by atoms with van der Waals surface area (Å²) in [5.41, 5.74) is 2.60. The molecule has 2 aromatic carbocycles. The molecule has 0 unspecified atom stereocenters. The number of hydrogen-bond acceptors (Lipinski definition) is 6. The molecular formula is C25H22ClN5O3. The van der Waals surface area contributed by atoms with Crippen molar-refractivity contribution in [2.24, 2.45) is 7.05 Å². The molecule has 0 aliphatic rings. The first kappa shape index (κ1) is 23.0. The zero-order valence-corrected chi connectivity index (χ0v) is 19.3. The summed E-state index contributed by atoms with van der Waals surface area (Å²) in [5.74, 6) is 0.526. The van der Waals surface area contributed by atoms with Gasteiger partial charge in [0.2, 0.25) is 0 Å². The lowest BCUT2D eigenvalue weighted by atomic mass is 10.1. The lowest BCUT2D eigenvalue weighted by Crippen LogP contribution is -2.23. The lowest BCUT2D eigenvalue weighted by molar-refractivity contribution is 0.0951. The van der Waals surface area contributed by atoms with Gasteiger partial charge in [-0.1, -0.05) is 17.7 Å². The maximum absolute atomic E-state index is 12.8. The Morgan fingerprint density at radius 3 is 2.68 bits per heavy atom. The first-order valence-corrected chi connectivity index (χ1v) is 10.8. The number of halogens is 1. The number of anilines is 2. The number of nitrogens with zero attached hydrogens (tertiary/aromatic N) is 3. The second-order valence-corrected chi connectivity index (χ2v) is 7.98. The molecule has 0 saturated heterocycles. The maximum atomic E-state index is 12.8. The van der Waals surface area contributed by atoms with Gasteiger partial charge < -0.3 is 15.4 Å². The van der Waals surface area contributed by atoms with Crippen molar-refractivity contribution in [3.63, 3.8) is 0 Å². The second kappa shape index (κ2) is 10.2. The van der Waals surface area contributed by atoms with Crippen molar-refractivity contribution in [2.45, 2.75) is 13.5 Å². The normalized spacial score (nSPS) is 10.6. The van der Waals surface area contributed by atoms with E-state index in [1.807, 2.05) is 19.1 Å². The Hall–Kier alpha value is -4.17. The van der Waals surface area contributed by atoms with Gasteiger partial charge in [0.1, 0.15) is 5.75 Å². The average molecular weight is 476 g/mol. The first-order valence-electron chi connectivity index (χ1n) is 10.5. The molecule has 2 N–H and O–H groups in total. The van der Waals surface area contributed by atoms with Gasteiger partial charge in [-0.05, 0) is 66.6 Å². The molecule has 0 radical (unpaired) electrons. The highest BCUT2D eigenvalue weighted by Crippen LogP contribution is 2.30. The van der Waals surface area contributed by atoms with E-state index in [2.05, 4.69) is 20.7 Å². The second-order valence-electron chi connectivity index (χ2n) is 7.57. The van der Waals surface area contributed by atoms with E-state index in [0.29, 0.717) is 28.6 Å². The average Bonchev–Trinajstić information content (AvgIpc) is 2.85. The Kier molecular flexibility index (Phi) is 6.89. The molecule has 2 aromatic heterocycles. The molecular weight excluding hydrogens is 454 g/mol. The van der Waals surface area contributed by atoms with Gasteiger partial charge in [0.15, 0.2) is 11.4 Å². The van der Waals surface area contributed by atoms with E-state index in [-0.39, 0.29) is 22.9 Å². The van der Waals surface area contributed by atoms with E-state index in [1.165, 1.54) is 10.9 Å². The largest absolute Gasteiger partial charge is 0.453 e. The van der Waals surface area contributed by atoms with Crippen molar-refractivity contribution in [2.75, 3.05) is 5.32 Å². The minimum Gasteiger partial charge on any atom is -0.453 e. The van der Waals surface area contributed by atoms with Crippen LogP contribution in [0.4, 0.5) is 11.4 Å². The Bertz CT molecular complexity index is 1390. The summed E-state index contributed by atoms with van der Waals surface area (Å²) in [7, 11) is 1.55. The number of aromatic nitrogens is 3. The predicted molar refractivity (Wildman–Crippen MR) is 131 cm³/mol. The van der Waals surface area contributed by atoms with Gasteiger partial charge >= 0.3 is 0 Å². The minimum atomic E-state index is -0.379. The molecule has 0 atom stereocenters. The highest BCUT2D eigenvalue weighted by molar-refractivity contribution is 6.31. The lowest BCUT2D eigenvalue weighted by Gasteiger charge is -2.14. The molecule has 4 aromatic rings. The van der Waals surface area contributed by atoms with E-state index in [1.54, 1.807) is 61.9 Å². The van der Waals surface area contributed by atoms with Gasteiger partial charge in [0.05, 0.1) is 6.20 Å². The van der Waals surface area contributed by atoms with Crippen LogP contribution in [0.25, 0.3) is 0 Å². The third-order valence-corrected chi connectivity index (χ3v) is 5.48. The number of carbonyl (C=O) groups is 1. The van der Waals surface area contributed by atoms with E-state index in [0.717, 1.165) is 11.1 Å². The van der Waals surface area contributed by atoms with Crippen LogP contribution < -0.4 is 20.9 Å². The Balaban J connectivity index is 1.56. The van der Waals surface area contributed by atoms with Crippen LogP contribution in [0.5, 0.6) is 11.5 Å². The van der Waals surface area contributed by atoms with Crippen LogP contribution in [0.15, 0.2) is 78.0 Å². The number of hydrogen-bond donors (Lipinski definition) is 2. The van der Waals surface area contributed by atoms with Crippen molar-refractivity contribution < 1.29 is 9.53 Å². The van der Waals surface area contributed by atoms with Crippen molar-refractivity contribution in [1.82, 2.24) is 20.1 Å². The molecule has 0 aliphatic carbocycles. The van der Waals surface area contributed by atoms with E-state index < -0.39 is 0 Å². The molecule has 34 heavy (non-hydrogen) atoms. The van der Waals surface area contributed by atoms with Crippen molar-refractivity contribution in [3.05, 3.63) is 105 Å². The maximum Gasteiger partial charge on any atom is 0.294 e. The molecule has 2 heterocycles. The number of amides is 1. The number of benzene rings is 2. The van der Waals surface area contributed by atoms with Gasteiger partial charge in [-0.2, -0.15) is 5.10 Å². The highest BCUT2D eigenvalue weighted by atomic mass is 35.5. The highest BCUT2D eigenvalue weighted by Gasteiger charge is 2.14. The van der Waals surface area contributed by atoms with Crippen LogP contribution in [-0.2, 0) is 13.6 Å². The fourth-order valence-corrected chi connectivity index (χ4v) is 3.31. The van der Waals surface area contributed by atoms with Crippen molar-refractivity contribution >= 4 is 28.9 Å². The molecule has 0 spiro atoms. The summed E-state index contributed by atoms with van der Waals surface area (Å²) in [6.07, 6.45) is 4.80. The molecule has 0 saturated carbocycles. The Morgan fingerprint density at radius 2 is 1.91 bits per heavy atom. The summed E-state index contributed by atoms with van der Waals surface area (Å²) < 4.78 is 7.14. The van der Waals surface area contributed by atoms with Crippen LogP contribution in [0, 0.1) is 6.92 Å². The fraction of sp³-hybridized carbons (Fsp3) is 0.120. The Labute approximate surface area is 201 Å². The number of rotatable bonds is 7. The van der Waals surface area contributed by atoms with E-state index in [9.17, 15) is 9.59 Å². The first-order chi connectivity index (χ1) is 16.4. The molecule has 9 heteroatoms. The van der Waals surface area contributed by atoms with Crippen molar-refractivity contribution in [1.29, 1.82) is 0 Å². The number of pyridine rings is 1. The number of carbonyl (C=O) groups excluding carboxylic acids is 1. The third kappa shape index (κ3) is 5.41. The molecule has 0 fully saturated rings. The molecule has 4 rings (SSSR count). The molecule has 172 valence electrons. The number of nitrogens with one attached hydrogen (secondary N) is 2. The third-order valence-electron chi connectivity index (χ3n) is 5.06. The summed E-state index contributed by atoms with van der Waals surface area (Å²) in [4.78, 5) is 29.4. The topological polar surface area (TPSA) is 98.1 Å². The summed E-state index contributed by atoms with van der Waals surface area (Å²) in [5, 5.41) is 10.6. The van der Waals surface area contributed by atoms with Crippen molar-refractivity contribution in [3.8, 4) is 11.5 Å². The van der Waals surface area contributed by atoms with Crippen LogP contribution in [0.2, 0.25) is 5.02 Å². The number of ether oxygens (including phenoxy) is 1. The SMILES string of the molecule is Cc1cc(Oc2cnn(C)c(=O)c2Nc2cccc(C(=O)NCc3ccncc3)c2)ccc1Cl. The zero-order valence-electron chi connectivity index (χ0n) is 18.6. The van der Waals surface area contributed by atoms with Gasteiger partial charge in [-0.25, -0.2) is 4.68 Å². The summed E-state index contributed by atoms with van der Waals surface area (Å²) in [6, 6.07) is 15.7. The molecule has 0 aliphatic heterocycles. The van der Waals surface area contributed by atoms with Gasteiger partial charge in [-0.15, -0.1) is 0 Å². The summed E-state index contributed by atoms with van der Waals surface area (Å²) >= 11 is 6.10. The summed E-state index contributed by atoms with van der Waals surface area (Å²) in [6.45, 7) is 2.24. The van der Waals surface area contributed by atoms with E-state index >= 15 is 0 Å². The van der Waals surface area contributed by atoms with Gasteiger partial charge in [0, 0.05) is 42.3 Å². The number of aryl methyl sites for hydroxylation is 2. The molecule has 8 nitrogen and oxygen atoms in total. The van der Waals surface area contributed by atoms with E-state index in [4.69, 9.17) is 16.3 Å². The molecule has 1 amide bonds. The van der Waals surface area contributed by atoms with Crippen LogP contribution >= 0.6 is 11.6 Å². The Morgan fingerprint density at radius 1 is 1.12 bits per heavy atom. The zero-order chi connectivity index (χ0) is 24.1. The van der Waals surface area contributed by atoms with Gasteiger partial charge in [0.25, 0.3) is 11.5 Å². The quantitative estimate of drug-likeness (QED) is 0.405. The van der Waals surface area contributed by atoms with Crippen LogP contribution in [0.3, 0.4) is 0 Å². The van der Waals surface area contributed by atoms with Crippen LogP contribution in [0.1, 0.15) is 21.5 Å². The molecule has 0 bridgehead atoms. The standard InChI is InChI=1S/C25H22ClN5O3/c1-16-12-20(6-7-21(16)26)34-22-15-29-31(2)25(33)23(22)30-19-5-3-4-18(13-19)24(32)28-14-17-8-10-27-11-9-17/h3-13,15,30H,14H2,1-2H3,(H,28,32). The van der Waals surface area contributed by atoms with Crippen LogP contribution in [-0.4, -0.2) is 20.7 Å². The fourth-order valence-electron chi connectivity index (χ4n) is 3.19. The van der Waals surface area contributed by atoms with Gasteiger partial charge in [-0.3, -0.25) is 14.6 Å². The minimum absolute atomic E-state index is 0.194. The monoisotopic (exact) mass is 475 g/mol.